The van der Waals surface area contributed by atoms with Crippen LogP contribution in [0.4, 0.5) is 0 Å². The minimum atomic E-state index is 0.108. The molecule has 0 spiro atoms. The molecule has 1 unspecified atom stereocenters. The smallest absolute Gasteiger partial charge is 0.328 e. The summed E-state index contributed by atoms with van der Waals surface area (Å²) >= 11 is 1.27. The van der Waals surface area contributed by atoms with E-state index in [1.165, 1.54) is 11.5 Å². The molecule has 0 aliphatic carbocycles. The van der Waals surface area contributed by atoms with Gasteiger partial charge in [0.1, 0.15) is 11.5 Å². The third kappa shape index (κ3) is 3.29. The van der Waals surface area contributed by atoms with Crippen LogP contribution in [-0.2, 0) is 13.1 Å². The molecule has 0 radical (unpaired) electrons. The minimum Gasteiger partial charge on any atom is -0.497 e. The second-order valence-corrected chi connectivity index (χ2v) is 7.20. The van der Waals surface area contributed by atoms with Crippen molar-refractivity contribution in [2.45, 2.75) is 26.1 Å². The van der Waals surface area contributed by atoms with Crippen LogP contribution in [0.2, 0.25) is 0 Å². The van der Waals surface area contributed by atoms with Crippen LogP contribution in [0.25, 0.3) is 10.8 Å². The van der Waals surface area contributed by atoms with Crippen molar-refractivity contribution in [2.75, 3.05) is 27.9 Å². The number of hydrogen-bond donors (Lipinski definition) is 0. The topological polar surface area (TPSA) is 87.4 Å². The molecule has 0 N–H and O–H groups in total. The molecule has 2 aromatic heterocycles. The van der Waals surface area contributed by atoms with E-state index in [2.05, 4.69) is 35.9 Å². The Bertz CT molecular complexity index is 972. The van der Waals surface area contributed by atoms with Crippen LogP contribution in [-0.4, -0.2) is 56.9 Å². The van der Waals surface area contributed by atoms with Gasteiger partial charge in [-0.2, -0.15) is 4.98 Å². The van der Waals surface area contributed by atoms with E-state index in [1.807, 2.05) is 18.2 Å². The van der Waals surface area contributed by atoms with Crippen LogP contribution in [0.3, 0.4) is 0 Å². The second kappa shape index (κ2) is 7.72. The van der Waals surface area contributed by atoms with Crippen molar-refractivity contribution < 1.29 is 14.2 Å². The van der Waals surface area contributed by atoms with Crippen molar-refractivity contribution in [1.29, 1.82) is 0 Å². The van der Waals surface area contributed by atoms with Crippen LogP contribution in [0, 0.1) is 0 Å². The lowest BCUT2D eigenvalue weighted by atomic mass is 10.1. The zero-order chi connectivity index (χ0) is 19.7. The molecule has 0 saturated carbocycles. The van der Waals surface area contributed by atoms with Gasteiger partial charge in [-0.05, 0) is 24.5 Å². The first-order valence-corrected chi connectivity index (χ1v) is 9.68. The maximum Gasteiger partial charge on any atom is 0.328 e. The molecular formula is C18H22N6O3S. The molecule has 1 atom stereocenters. The van der Waals surface area contributed by atoms with Gasteiger partial charge in [0, 0.05) is 31.3 Å². The highest BCUT2D eigenvalue weighted by atomic mass is 32.1. The zero-order valence-corrected chi connectivity index (χ0v) is 17.1. The third-order valence-corrected chi connectivity index (χ3v) is 5.65. The standard InChI is InChI=1S/C18H22N6O3S/c1-11-15-20-21-16(17-19-18(27-4)22-28-17)24(15)8-7-23(11)10-12-5-6-13(25-2)9-14(12)26-3/h5-6,9,11H,7-8,10H2,1-4H3. The number of fused-ring (bicyclic) bond motifs is 1. The number of benzene rings is 1. The molecule has 9 nitrogen and oxygen atoms in total. The summed E-state index contributed by atoms with van der Waals surface area (Å²) in [6.45, 7) is 4.54. The lowest BCUT2D eigenvalue weighted by molar-refractivity contribution is 0.155. The Morgan fingerprint density at radius 3 is 2.68 bits per heavy atom. The number of methoxy groups -OCH3 is 3. The highest BCUT2D eigenvalue weighted by molar-refractivity contribution is 7.09. The van der Waals surface area contributed by atoms with Crippen molar-refractivity contribution in [2.24, 2.45) is 0 Å². The summed E-state index contributed by atoms with van der Waals surface area (Å²) in [5.74, 6) is 3.26. The van der Waals surface area contributed by atoms with Crippen LogP contribution < -0.4 is 14.2 Å². The van der Waals surface area contributed by atoms with Crippen molar-refractivity contribution in [3.8, 4) is 28.3 Å². The number of nitrogens with zero attached hydrogens (tertiary/aromatic N) is 6. The monoisotopic (exact) mass is 402 g/mol. The number of aromatic nitrogens is 5. The van der Waals surface area contributed by atoms with Gasteiger partial charge in [0.25, 0.3) is 0 Å². The molecular weight excluding hydrogens is 380 g/mol. The predicted molar refractivity (Wildman–Crippen MR) is 104 cm³/mol. The summed E-state index contributed by atoms with van der Waals surface area (Å²) in [5, 5.41) is 9.51. The SMILES string of the molecule is COc1ccc(CN2CCn3c(-c4nc(OC)ns4)nnc3C2C)c(OC)c1. The van der Waals surface area contributed by atoms with E-state index in [0.717, 1.165) is 48.3 Å². The molecule has 4 rings (SSSR count). The molecule has 0 amide bonds. The second-order valence-electron chi connectivity index (χ2n) is 6.44. The number of rotatable bonds is 6. The van der Waals surface area contributed by atoms with E-state index in [9.17, 15) is 0 Å². The lowest BCUT2D eigenvalue weighted by Crippen LogP contribution is -2.36. The Balaban J connectivity index is 1.57. The van der Waals surface area contributed by atoms with E-state index >= 15 is 0 Å². The van der Waals surface area contributed by atoms with Crippen LogP contribution in [0.5, 0.6) is 17.5 Å². The predicted octanol–water partition coefficient (Wildman–Crippen LogP) is 2.40. The average Bonchev–Trinajstić information content (AvgIpc) is 3.37. The summed E-state index contributed by atoms with van der Waals surface area (Å²) in [6, 6.07) is 6.37. The Kier molecular flexibility index (Phi) is 5.14. The van der Waals surface area contributed by atoms with Gasteiger partial charge in [-0.25, -0.2) is 0 Å². The Hall–Kier alpha value is -2.72. The fourth-order valence-corrected chi connectivity index (χ4v) is 4.02. The first-order chi connectivity index (χ1) is 13.6. The van der Waals surface area contributed by atoms with Gasteiger partial charge >= 0.3 is 6.01 Å². The zero-order valence-electron chi connectivity index (χ0n) is 16.2. The van der Waals surface area contributed by atoms with E-state index in [0.29, 0.717) is 11.0 Å². The van der Waals surface area contributed by atoms with Gasteiger partial charge in [0.05, 0.1) is 27.4 Å². The molecule has 3 aromatic rings. The highest BCUT2D eigenvalue weighted by Gasteiger charge is 2.30. The molecule has 0 saturated heterocycles. The molecule has 1 aliphatic heterocycles. The van der Waals surface area contributed by atoms with Crippen LogP contribution >= 0.6 is 11.5 Å². The van der Waals surface area contributed by atoms with Gasteiger partial charge in [0.15, 0.2) is 16.7 Å². The first kappa shape index (κ1) is 18.6. The molecule has 148 valence electrons. The Labute approximate surface area is 167 Å². The molecule has 3 heterocycles. The fourth-order valence-electron chi connectivity index (χ4n) is 3.39. The van der Waals surface area contributed by atoms with Gasteiger partial charge in [-0.3, -0.25) is 4.90 Å². The maximum atomic E-state index is 5.54. The van der Waals surface area contributed by atoms with Gasteiger partial charge in [-0.1, -0.05) is 6.07 Å². The van der Waals surface area contributed by atoms with E-state index in [4.69, 9.17) is 14.2 Å². The fraction of sp³-hybridized carbons (Fsp3) is 0.444. The van der Waals surface area contributed by atoms with E-state index in [-0.39, 0.29) is 6.04 Å². The van der Waals surface area contributed by atoms with Crippen molar-refractivity contribution in [3.63, 3.8) is 0 Å². The Morgan fingerprint density at radius 1 is 1.11 bits per heavy atom. The summed E-state index contributed by atoms with van der Waals surface area (Å²) in [7, 11) is 4.88. The number of ether oxygens (including phenoxy) is 3. The number of hydrogen-bond acceptors (Lipinski definition) is 9. The van der Waals surface area contributed by atoms with E-state index < -0.39 is 0 Å². The highest BCUT2D eigenvalue weighted by Crippen LogP contribution is 2.33. The summed E-state index contributed by atoms with van der Waals surface area (Å²) < 4.78 is 22.2. The van der Waals surface area contributed by atoms with Crippen molar-refractivity contribution in [1.82, 2.24) is 29.0 Å². The average molecular weight is 402 g/mol. The normalized spacial score (nSPS) is 16.6. The van der Waals surface area contributed by atoms with Crippen molar-refractivity contribution in [3.05, 3.63) is 29.6 Å². The van der Waals surface area contributed by atoms with Gasteiger partial charge in [0.2, 0.25) is 0 Å². The van der Waals surface area contributed by atoms with Gasteiger partial charge in [-0.15, -0.1) is 14.6 Å². The molecule has 1 aliphatic rings. The maximum absolute atomic E-state index is 5.54. The molecule has 10 heteroatoms. The molecule has 0 fully saturated rings. The molecule has 1 aromatic carbocycles. The summed E-state index contributed by atoms with van der Waals surface area (Å²) in [5.41, 5.74) is 1.11. The lowest BCUT2D eigenvalue weighted by Gasteiger charge is -2.33. The van der Waals surface area contributed by atoms with Crippen molar-refractivity contribution >= 4 is 11.5 Å². The third-order valence-electron chi connectivity index (χ3n) is 4.96. The quantitative estimate of drug-likeness (QED) is 0.621. The first-order valence-electron chi connectivity index (χ1n) is 8.90. The minimum absolute atomic E-state index is 0.108. The summed E-state index contributed by atoms with van der Waals surface area (Å²) in [4.78, 5) is 6.71. The van der Waals surface area contributed by atoms with Crippen LogP contribution in [0.15, 0.2) is 18.2 Å². The summed E-state index contributed by atoms with van der Waals surface area (Å²) in [6.07, 6.45) is 0. The largest absolute Gasteiger partial charge is 0.497 e. The molecule has 0 bridgehead atoms. The molecule has 28 heavy (non-hydrogen) atoms. The Morgan fingerprint density at radius 2 is 1.96 bits per heavy atom. The van der Waals surface area contributed by atoms with E-state index in [1.54, 1.807) is 21.3 Å². The van der Waals surface area contributed by atoms with Crippen LogP contribution in [0.1, 0.15) is 24.4 Å². The van der Waals surface area contributed by atoms with Gasteiger partial charge < -0.3 is 18.8 Å².